The van der Waals surface area contributed by atoms with Gasteiger partial charge in [0, 0.05) is 29.1 Å². The lowest BCUT2D eigenvalue weighted by atomic mass is 9.98. The molecule has 1 heterocycles. The van der Waals surface area contributed by atoms with Gasteiger partial charge >= 0.3 is 0 Å². The first-order valence-electron chi connectivity index (χ1n) is 11.6. The minimum Gasteiger partial charge on any atom is -0.500 e. The topological polar surface area (TPSA) is 27.7 Å². The van der Waals surface area contributed by atoms with Gasteiger partial charge in [0.05, 0.1) is 13.2 Å². The third-order valence-corrected chi connectivity index (χ3v) is 6.00. The quantitative estimate of drug-likeness (QED) is 0.259. The van der Waals surface area contributed by atoms with Crippen molar-refractivity contribution in [2.45, 2.75) is 26.1 Å². The molecule has 1 fully saturated rings. The second-order valence-electron chi connectivity index (χ2n) is 8.38. The van der Waals surface area contributed by atoms with E-state index in [4.69, 9.17) is 22.1 Å². The molecule has 0 amide bonds. The van der Waals surface area contributed by atoms with E-state index in [2.05, 4.69) is 6.08 Å². The molecule has 1 saturated heterocycles. The minimum absolute atomic E-state index is 0.0739. The number of hydrogen-bond donors (Lipinski definition) is 0. The number of benzene rings is 3. The van der Waals surface area contributed by atoms with Crippen molar-refractivity contribution in [3.05, 3.63) is 89.8 Å². The Morgan fingerprint density at radius 1 is 0.914 bits per heavy atom. The normalized spacial score (nSPS) is 18.2. The lowest BCUT2D eigenvalue weighted by Gasteiger charge is -2.29. The molecule has 0 unspecified atom stereocenters. The second kappa shape index (κ2) is 11.6. The van der Waals surface area contributed by atoms with Crippen molar-refractivity contribution in [1.29, 1.82) is 0 Å². The maximum Gasteiger partial charge on any atom is 0.201 e. The first kappa shape index (κ1) is 25.1. The molecule has 35 heavy (non-hydrogen) atoms. The van der Waals surface area contributed by atoms with E-state index in [1.54, 1.807) is 36.4 Å². The highest BCUT2D eigenvalue weighted by Gasteiger charge is 2.24. The number of hydrogen-bond acceptors (Lipinski definition) is 3. The average molecular weight is 478 g/mol. The fourth-order valence-electron chi connectivity index (χ4n) is 4.10. The summed E-state index contributed by atoms with van der Waals surface area (Å²) in [6.07, 6.45) is 5.52. The van der Waals surface area contributed by atoms with Gasteiger partial charge in [-0.15, -0.1) is 0 Å². The van der Waals surface area contributed by atoms with Crippen LogP contribution in [-0.2, 0) is 9.47 Å². The summed E-state index contributed by atoms with van der Waals surface area (Å²) in [6.45, 7) is 2.88. The first-order valence-corrected chi connectivity index (χ1v) is 11.6. The van der Waals surface area contributed by atoms with Gasteiger partial charge in [-0.1, -0.05) is 48.6 Å². The van der Waals surface area contributed by atoms with Crippen LogP contribution >= 0.6 is 0 Å². The zero-order valence-corrected chi connectivity index (χ0v) is 19.5. The van der Waals surface area contributed by atoms with Crippen molar-refractivity contribution >= 4 is 7.85 Å². The van der Waals surface area contributed by atoms with Gasteiger partial charge in [-0.25, -0.2) is 8.78 Å². The molecule has 3 aromatic carbocycles. The Kier molecular flexibility index (Phi) is 8.31. The van der Waals surface area contributed by atoms with Crippen LogP contribution in [0.1, 0.15) is 31.6 Å². The summed E-state index contributed by atoms with van der Waals surface area (Å²) in [5.41, 5.74) is 2.14. The summed E-state index contributed by atoms with van der Waals surface area (Å²) in [7, 11) is 5.23. The van der Waals surface area contributed by atoms with Gasteiger partial charge in [-0.05, 0) is 49.1 Å². The summed E-state index contributed by atoms with van der Waals surface area (Å²) < 4.78 is 60.2. The third-order valence-electron chi connectivity index (χ3n) is 6.00. The Balaban J connectivity index is 1.46. The van der Waals surface area contributed by atoms with Gasteiger partial charge in [0.25, 0.3) is 0 Å². The van der Waals surface area contributed by atoms with Crippen LogP contribution in [0.5, 0.6) is 5.75 Å². The molecular weight excluding hydrogens is 452 g/mol. The van der Waals surface area contributed by atoms with E-state index >= 15 is 0 Å². The average Bonchev–Trinajstić information content (AvgIpc) is 2.88. The van der Waals surface area contributed by atoms with Crippen LogP contribution in [0.3, 0.4) is 0 Å². The van der Waals surface area contributed by atoms with Crippen molar-refractivity contribution in [3.63, 3.8) is 0 Å². The highest BCUT2D eigenvalue weighted by molar-refractivity contribution is 6.08. The molecule has 3 aromatic rings. The van der Waals surface area contributed by atoms with Crippen molar-refractivity contribution in [3.8, 4) is 28.0 Å². The van der Waals surface area contributed by atoms with Gasteiger partial charge in [-0.2, -0.15) is 4.39 Å². The van der Waals surface area contributed by atoms with Crippen LogP contribution in [-0.4, -0.2) is 27.6 Å². The highest BCUT2D eigenvalue weighted by atomic mass is 19.2. The lowest BCUT2D eigenvalue weighted by Crippen LogP contribution is -2.27. The maximum atomic E-state index is 15.0. The van der Waals surface area contributed by atoms with Crippen LogP contribution in [0, 0.1) is 23.4 Å². The molecule has 0 aromatic heterocycles. The molecule has 180 valence electrons. The van der Waals surface area contributed by atoms with Crippen LogP contribution in [0.15, 0.2) is 66.7 Å². The van der Waals surface area contributed by atoms with Gasteiger partial charge in [-0.3, -0.25) is 0 Å². The van der Waals surface area contributed by atoms with Gasteiger partial charge in [0.2, 0.25) is 5.82 Å². The van der Waals surface area contributed by atoms with E-state index < -0.39 is 23.7 Å². The Bertz CT molecular complexity index is 1170. The standard InChI is InChI=1S/C28H26BF3O3/c1-2-3-4-5-18-15-33-28(34-16-18)21-10-11-22(24(30)14-21)19-6-8-20(9-7-19)23-12-13-25(35-17-29)27(32)26(23)31/h2-3,6-14,18,28H,4-5,15-17H2,1H3/b3-2+. The predicted molar refractivity (Wildman–Crippen MR) is 131 cm³/mol. The summed E-state index contributed by atoms with van der Waals surface area (Å²) >= 11 is 0. The molecule has 0 bridgehead atoms. The SMILES string of the molecule is [B]COc1ccc(-c2ccc(-c3ccc(C4OCC(CC/C=C/C)CO4)cc3F)cc2)c(F)c1F. The smallest absolute Gasteiger partial charge is 0.201 e. The van der Waals surface area contributed by atoms with Crippen LogP contribution in [0.25, 0.3) is 22.3 Å². The molecule has 1 aliphatic heterocycles. The molecular formula is C28H26BF3O3. The fourth-order valence-corrected chi connectivity index (χ4v) is 4.10. The Hall–Kier alpha value is -3.03. The molecule has 0 spiro atoms. The van der Waals surface area contributed by atoms with E-state index in [-0.39, 0.29) is 17.8 Å². The molecule has 1 aliphatic rings. The van der Waals surface area contributed by atoms with Gasteiger partial charge in [0.15, 0.2) is 17.9 Å². The molecule has 2 radical (unpaired) electrons. The zero-order chi connectivity index (χ0) is 24.8. The van der Waals surface area contributed by atoms with Gasteiger partial charge in [0.1, 0.15) is 13.7 Å². The van der Waals surface area contributed by atoms with Crippen molar-refractivity contribution in [2.75, 3.05) is 19.7 Å². The first-order chi connectivity index (χ1) is 17.0. The molecule has 4 rings (SSSR count). The maximum absolute atomic E-state index is 15.0. The second-order valence-corrected chi connectivity index (χ2v) is 8.38. The number of allylic oxidation sites excluding steroid dienone is 2. The Morgan fingerprint density at radius 3 is 2.20 bits per heavy atom. The summed E-state index contributed by atoms with van der Waals surface area (Å²) in [4.78, 5) is 0. The van der Waals surface area contributed by atoms with Crippen LogP contribution < -0.4 is 4.74 Å². The van der Waals surface area contributed by atoms with Crippen molar-refractivity contribution in [2.24, 2.45) is 5.92 Å². The summed E-state index contributed by atoms with van der Waals surface area (Å²) in [5.74, 6) is -2.47. The molecule has 0 saturated carbocycles. The van der Waals surface area contributed by atoms with E-state index in [1.807, 2.05) is 13.0 Å². The summed E-state index contributed by atoms with van der Waals surface area (Å²) in [5, 5.41) is 0. The predicted octanol–water partition coefficient (Wildman–Crippen LogP) is 6.96. The molecule has 0 aliphatic carbocycles. The lowest BCUT2D eigenvalue weighted by molar-refractivity contribution is -0.205. The zero-order valence-electron chi connectivity index (χ0n) is 19.5. The summed E-state index contributed by atoms with van der Waals surface area (Å²) in [6, 6.07) is 14.2. The minimum atomic E-state index is -1.10. The van der Waals surface area contributed by atoms with E-state index in [9.17, 15) is 13.2 Å². The number of rotatable bonds is 8. The van der Waals surface area contributed by atoms with E-state index in [1.165, 1.54) is 18.2 Å². The molecule has 7 heteroatoms. The Labute approximate surface area is 204 Å². The third kappa shape index (κ3) is 5.80. The highest BCUT2D eigenvalue weighted by Crippen LogP contribution is 2.33. The van der Waals surface area contributed by atoms with Gasteiger partial charge < -0.3 is 14.2 Å². The Morgan fingerprint density at radius 2 is 1.57 bits per heavy atom. The van der Waals surface area contributed by atoms with Crippen molar-refractivity contribution in [1.82, 2.24) is 0 Å². The molecule has 0 N–H and O–H groups in total. The van der Waals surface area contributed by atoms with E-state index in [0.717, 1.165) is 12.8 Å². The molecule has 0 atom stereocenters. The number of halogens is 3. The number of ether oxygens (including phenoxy) is 3. The van der Waals surface area contributed by atoms with E-state index in [0.29, 0.717) is 41.4 Å². The van der Waals surface area contributed by atoms with Crippen molar-refractivity contribution < 1.29 is 27.4 Å². The monoisotopic (exact) mass is 478 g/mol. The largest absolute Gasteiger partial charge is 0.500 e. The van der Waals surface area contributed by atoms with Crippen LogP contribution in [0.4, 0.5) is 13.2 Å². The molecule has 3 nitrogen and oxygen atoms in total. The fraction of sp³-hybridized carbons (Fsp3) is 0.286. The van der Waals surface area contributed by atoms with Crippen LogP contribution in [0.2, 0.25) is 0 Å².